The molecular formula is C12H13FN2O2. The maximum atomic E-state index is 12.7. The summed E-state index contributed by atoms with van der Waals surface area (Å²) in [5.41, 5.74) is 0.989. The van der Waals surface area contributed by atoms with Crippen molar-refractivity contribution in [2.24, 2.45) is 0 Å². The lowest BCUT2D eigenvalue weighted by molar-refractivity contribution is 0.131. The molecule has 0 aromatic heterocycles. The monoisotopic (exact) mass is 236 g/mol. The van der Waals surface area contributed by atoms with Gasteiger partial charge in [0, 0.05) is 18.9 Å². The first-order valence-electron chi connectivity index (χ1n) is 5.20. The second-order valence-electron chi connectivity index (χ2n) is 3.75. The molecule has 90 valence electrons. The van der Waals surface area contributed by atoms with E-state index in [0.717, 1.165) is 5.56 Å². The Labute approximate surface area is 98.9 Å². The van der Waals surface area contributed by atoms with Crippen LogP contribution in [0.25, 0.3) is 0 Å². The second kappa shape index (κ2) is 4.86. The van der Waals surface area contributed by atoms with Crippen molar-refractivity contribution in [3.63, 3.8) is 0 Å². The van der Waals surface area contributed by atoms with Crippen molar-refractivity contribution in [2.75, 3.05) is 13.8 Å². The molecule has 1 aromatic carbocycles. The number of nitrogens with zero attached hydrogens (tertiary/aromatic N) is 2. The molecule has 1 aliphatic rings. The Hall–Kier alpha value is -2.04. The summed E-state index contributed by atoms with van der Waals surface area (Å²) < 4.78 is 17.3. The zero-order valence-electron chi connectivity index (χ0n) is 9.47. The number of hydrogen-bond acceptors (Lipinski definition) is 3. The summed E-state index contributed by atoms with van der Waals surface area (Å²) >= 11 is 0. The highest BCUT2D eigenvalue weighted by Gasteiger charge is 2.18. The minimum absolute atomic E-state index is 0.248. The lowest BCUT2D eigenvalue weighted by Gasteiger charge is -2.19. The minimum atomic E-state index is -0.386. The highest BCUT2D eigenvalue weighted by atomic mass is 19.1. The van der Waals surface area contributed by atoms with Crippen LogP contribution in [0.1, 0.15) is 5.56 Å². The van der Waals surface area contributed by atoms with E-state index in [1.54, 1.807) is 24.5 Å². The van der Waals surface area contributed by atoms with Crippen LogP contribution in [0.4, 0.5) is 9.18 Å². The molecule has 1 aliphatic heterocycles. The van der Waals surface area contributed by atoms with Crippen molar-refractivity contribution >= 4 is 6.09 Å². The van der Waals surface area contributed by atoms with Crippen LogP contribution in [-0.4, -0.2) is 29.7 Å². The van der Waals surface area contributed by atoms with Gasteiger partial charge in [-0.25, -0.2) is 9.18 Å². The fraction of sp³-hybridized carbons (Fsp3) is 0.250. The Balaban J connectivity index is 1.92. The fourth-order valence-electron chi connectivity index (χ4n) is 1.63. The van der Waals surface area contributed by atoms with Crippen molar-refractivity contribution in [3.05, 3.63) is 48.0 Å². The molecular weight excluding hydrogens is 223 g/mol. The molecule has 1 heterocycles. The van der Waals surface area contributed by atoms with Gasteiger partial charge in [-0.15, -0.1) is 0 Å². The summed E-state index contributed by atoms with van der Waals surface area (Å²) in [4.78, 5) is 14.6. The Kier molecular flexibility index (Phi) is 3.27. The molecule has 0 radical (unpaired) electrons. The topological polar surface area (TPSA) is 32.8 Å². The Morgan fingerprint density at radius 2 is 2.06 bits per heavy atom. The molecule has 0 N–H and O–H groups in total. The molecule has 0 fully saturated rings. The predicted octanol–water partition coefficient (Wildman–Crippen LogP) is 2.14. The third kappa shape index (κ3) is 2.75. The largest absolute Gasteiger partial charge is 0.452 e. The Morgan fingerprint density at radius 1 is 1.35 bits per heavy atom. The average Bonchev–Trinajstić information content (AvgIpc) is 2.80. The number of hydrogen-bond donors (Lipinski definition) is 0. The molecule has 5 heteroatoms. The SMILES string of the molecule is COC(=O)N1C=CN(Cc2ccc(F)cc2)C1. The molecule has 4 nitrogen and oxygen atoms in total. The number of carbonyl (C=O) groups excluding carboxylic acids is 1. The van der Waals surface area contributed by atoms with Crippen molar-refractivity contribution in [1.29, 1.82) is 0 Å². The smallest absolute Gasteiger partial charge is 0.415 e. The van der Waals surface area contributed by atoms with Crippen LogP contribution in [0.15, 0.2) is 36.7 Å². The number of halogens is 1. The van der Waals surface area contributed by atoms with Gasteiger partial charge in [-0.05, 0) is 17.7 Å². The molecule has 0 unspecified atom stereocenters. The van der Waals surface area contributed by atoms with Crippen molar-refractivity contribution in [3.8, 4) is 0 Å². The van der Waals surface area contributed by atoms with E-state index in [1.807, 2.05) is 4.90 Å². The van der Waals surface area contributed by atoms with Crippen LogP contribution in [0.5, 0.6) is 0 Å². The number of rotatable bonds is 2. The molecule has 0 bridgehead atoms. The lowest BCUT2D eigenvalue weighted by atomic mass is 10.2. The second-order valence-corrected chi connectivity index (χ2v) is 3.75. The van der Waals surface area contributed by atoms with Crippen LogP contribution in [-0.2, 0) is 11.3 Å². The molecule has 0 atom stereocenters. The average molecular weight is 236 g/mol. The molecule has 17 heavy (non-hydrogen) atoms. The quantitative estimate of drug-likeness (QED) is 0.788. The third-order valence-electron chi connectivity index (χ3n) is 2.50. The Morgan fingerprint density at radius 3 is 2.71 bits per heavy atom. The van der Waals surface area contributed by atoms with Crippen molar-refractivity contribution < 1.29 is 13.9 Å². The van der Waals surface area contributed by atoms with Gasteiger partial charge in [-0.1, -0.05) is 12.1 Å². The molecule has 0 aliphatic carbocycles. The van der Waals surface area contributed by atoms with Gasteiger partial charge in [0.2, 0.25) is 0 Å². The number of amides is 1. The summed E-state index contributed by atoms with van der Waals surface area (Å²) in [5, 5.41) is 0. The summed E-state index contributed by atoms with van der Waals surface area (Å²) in [6, 6.07) is 6.30. The summed E-state index contributed by atoms with van der Waals surface area (Å²) in [6.07, 6.45) is 3.08. The molecule has 1 aromatic rings. The zero-order valence-corrected chi connectivity index (χ0v) is 9.47. The zero-order chi connectivity index (χ0) is 12.3. The van der Waals surface area contributed by atoms with Crippen LogP contribution >= 0.6 is 0 Å². The van der Waals surface area contributed by atoms with E-state index in [9.17, 15) is 9.18 Å². The van der Waals surface area contributed by atoms with Crippen molar-refractivity contribution in [1.82, 2.24) is 9.80 Å². The van der Waals surface area contributed by atoms with Gasteiger partial charge in [0.05, 0.1) is 7.11 Å². The van der Waals surface area contributed by atoms with E-state index in [0.29, 0.717) is 13.2 Å². The van der Waals surface area contributed by atoms with Crippen LogP contribution in [0.3, 0.4) is 0 Å². The van der Waals surface area contributed by atoms with Gasteiger partial charge in [0.1, 0.15) is 12.5 Å². The molecule has 0 saturated heterocycles. The van der Waals surface area contributed by atoms with E-state index in [-0.39, 0.29) is 11.9 Å². The van der Waals surface area contributed by atoms with Gasteiger partial charge >= 0.3 is 6.09 Å². The van der Waals surface area contributed by atoms with Crippen LogP contribution in [0, 0.1) is 5.82 Å². The number of methoxy groups -OCH3 is 1. The minimum Gasteiger partial charge on any atom is -0.452 e. The maximum absolute atomic E-state index is 12.7. The molecule has 0 saturated carbocycles. The van der Waals surface area contributed by atoms with Crippen molar-refractivity contribution in [2.45, 2.75) is 6.54 Å². The molecule has 0 spiro atoms. The van der Waals surface area contributed by atoms with E-state index in [2.05, 4.69) is 4.74 Å². The number of carbonyl (C=O) groups is 1. The first-order chi connectivity index (χ1) is 8.19. The summed E-state index contributed by atoms with van der Waals surface area (Å²) in [7, 11) is 1.35. The predicted molar refractivity (Wildman–Crippen MR) is 60.2 cm³/mol. The van der Waals surface area contributed by atoms with Crippen LogP contribution in [0.2, 0.25) is 0 Å². The standard InChI is InChI=1S/C12H13FN2O2/c1-17-12(16)15-7-6-14(9-15)8-10-2-4-11(13)5-3-10/h2-7H,8-9H2,1H3. The number of ether oxygens (including phenoxy) is 1. The van der Waals surface area contributed by atoms with E-state index in [1.165, 1.54) is 24.1 Å². The maximum Gasteiger partial charge on any atom is 0.415 e. The number of benzene rings is 1. The van der Waals surface area contributed by atoms with E-state index >= 15 is 0 Å². The van der Waals surface area contributed by atoms with E-state index in [4.69, 9.17) is 0 Å². The van der Waals surface area contributed by atoms with E-state index < -0.39 is 0 Å². The molecule has 2 rings (SSSR count). The van der Waals surface area contributed by atoms with Gasteiger partial charge < -0.3 is 9.64 Å². The fourth-order valence-corrected chi connectivity index (χ4v) is 1.63. The first kappa shape index (κ1) is 11.4. The molecule has 1 amide bonds. The highest BCUT2D eigenvalue weighted by molar-refractivity contribution is 5.68. The summed E-state index contributed by atoms with van der Waals surface area (Å²) in [6.45, 7) is 1.08. The van der Waals surface area contributed by atoms with Gasteiger partial charge in [-0.3, -0.25) is 4.90 Å². The van der Waals surface area contributed by atoms with Gasteiger partial charge in [0.25, 0.3) is 0 Å². The van der Waals surface area contributed by atoms with Gasteiger partial charge in [0.15, 0.2) is 0 Å². The first-order valence-corrected chi connectivity index (χ1v) is 5.20. The Bertz CT molecular complexity index is 431. The highest BCUT2D eigenvalue weighted by Crippen LogP contribution is 2.13. The third-order valence-corrected chi connectivity index (χ3v) is 2.50. The lowest BCUT2D eigenvalue weighted by Crippen LogP contribution is -2.29. The van der Waals surface area contributed by atoms with Gasteiger partial charge in [-0.2, -0.15) is 0 Å². The summed E-state index contributed by atoms with van der Waals surface area (Å²) in [5.74, 6) is -0.248. The van der Waals surface area contributed by atoms with Crippen LogP contribution < -0.4 is 0 Å². The normalized spacial score (nSPS) is 14.2.